The van der Waals surface area contributed by atoms with Crippen molar-refractivity contribution in [1.29, 1.82) is 0 Å². The minimum Gasteiger partial charge on any atom is -0.394 e. The quantitative estimate of drug-likeness (QED) is 0.0189. The van der Waals surface area contributed by atoms with Gasteiger partial charge in [-0.3, -0.25) is 9.59 Å². The molecule has 0 aromatic rings. The van der Waals surface area contributed by atoms with Crippen molar-refractivity contribution in [3.05, 3.63) is 12.7 Å². The highest BCUT2D eigenvalue weighted by molar-refractivity contribution is 6.74. The van der Waals surface area contributed by atoms with Gasteiger partial charge in [0.15, 0.2) is 18.9 Å². The monoisotopic (exact) mass is 923 g/mol. The Labute approximate surface area is 375 Å². The van der Waals surface area contributed by atoms with Crippen LogP contribution in [0.4, 0.5) is 0 Å². The minimum absolute atomic E-state index is 0.0357. The van der Waals surface area contributed by atoms with Crippen LogP contribution < -0.4 is 10.6 Å². The van der Waals surface area contributed by atoms with Crippen LogP contribution in [0.15, 0.2) is 12.7 Å². The van der Waals surface area contributed by atoms with Crippen LogP contribution in [0.5, 0.6) is 0 Å². The van der Waals surface area contributed by atoms with E-state index in [0.29, 0.717) is 12.7 Å². The summed E-state index contributed by atoms with van der Waals surface area (Å²) >= 11 is 0. The van der Waals surface area contributed by atoms with Gasteiger partial charge in [0.2, 0.25) is 19.1 Å². The molecule has 0 saturated carbocycles. The lowest BCUT2D eigenvalue weighted by atomic mass is 9.68. The molecule has 22 heteroatoms. The second kappa shape index (κ2) is 30.2. The average Bonchev–Trinajstić information content (AvgIpc) is 3.28. The summed E-state index contributed by atoms with van der Waals surface area (Å²) in [7, 11) is 0.242. The molecule has 0 aromatic carbocycles. The van der Waals surface area contributed by atoms with Gasteiger partial charge >= 0.3 is 0 Å². The second-order valence-corrected chi connectivity index (χ2v) is 16.8. The van der Waals surface area contributed by atoms with Crippen LogP contribution in [-0.4, -0.2) is 207 Å². The fourth-order valence-electron chi connectivity index (χ4n) is 7.72. The van der Waals surface area contributed by atoms with E-state index in [1.165, 1.54) is 38.5 Å². The summed E-state index contributed by atoms with van der Waals surface area (Å²) in [5.41, 5.74) is -0.100. The zero-order valence-corrected chi connectivity index (χ0v) is 37.0. The molecule has 0 bridgehead atoms. The Morgan fingerprint density at radius 2 is 1.19 bits per heavy atom. The van der Waals surface area contributed by atoms with Gasteiger partial charge in [-0.2, -0.15) is 0 Å². The number of carbonyl (C=O) groups excluding carboxylic acids is 3. The van der Waals surface area contributed by atoms with Crippen molar-refractivity contribution in [1.82, 2.24) is 10.6 Å². The standard InChI is InChI=1S/C42H75BN2O19/c1-3-5-6-7-8-9-10-11-12-13-14-15-29(49)45-24(16-17-28(48)43-18-4-2)39(58)44-19-20-59-41-37(57)38(64-42-36(56)34(54)31(51)26(22-47)62-42)32(52)27(63-41)23-60-40-35(55)33(53)30(50)25(21-46)61-40/h4,24-27,30-38,40-43,46-47,50-57H,2-3,5-23H2,1H3,(H,44,58)(H,45,49)/t24-,25+,26+,27+,30+,31+,32+,33-,34-,35-,36-,37-,38-,40-,41-,42+/m0/s1. The zero-order valence-electron chi connectivity index (χ0n) is 37.0. The van der Waals surface area contributed by atoms with Crippen LogP contribution >= 0.6 is 0 Å². The maximum atomic E-state index is 13.4. The smallest absolute Gasteiger partial charge is 0.242 e. The lowest BCUT2D eigenvalue weighted by molar-refractivity contribution is -0.366. The van der Waals surface area contributed by atoms with E-state index in [2.05, 4.69) is 24.1 Å². The third-order valence-corrected chi connectivity index (χ3v) is 11.7. The Bertz CT molecular complexity index is 1350. The van der Waals surface area contributed by atoms with Gasteiger partial charge in [-0.25, -0.2) is 0 Å². The van der Waals surface area contributed by atoms with Crippen LogP contribution in [0, 0.1) is 0 Å². The first-order valence-electron chi connectivity index (χ1n) is 22.9. The summed E-state index contributed by atoms with van der Waals surface area (Å²) in [6, 6.07) is -1.04. The maximum absolute atomic E-state index is 13.4. The number of hydrogen-bond donors (Lipinski definition) is 12. The second-order valence-electron chi connectivity index (χ2n) is 16.8. The first-order chi connectivity index (χ1) is 30.7. The van der Waals surface area contributed by atoms with Crippen molar-refractivity contribution in [2.45, 2.75) is 201 Å². The van der Waals surface area contributed by atoms with E-state index >= 15 is 0 Å². The van der Waals surface area contributed by atoms with Crippen LogP contribution in [0.25, 0.3) is 0 Å². The number of ether oxygens (including phenoxy) is 6. The molecule has 21 nitrogen and oxygen atoms in total. The molecule has 0 unspecified atom stereocenters. The predicted octanol–water partition coefficient (Wildman–Crippen LogP) is -2.90. The molecular weight excluding hydrogens is 847 g/mol. The van der Waals surface area contributed by atoms with E-state index in [4.69, 9.17) is 28.4 Å². The number of aliphatic hydroxyl groups is 10. The van der Waals surface area contributed by atoms with E-state index in [1.807, 2.05) is 0 Å². The SMILES string of the molecule is C=CCBC(=O)CC[C@H](NC(=O)CCCCCCCCCCCCC)C(=O)NCCO[C@H]1O[C@H](CO[C@H]2O[C@H](CO)[C@@H](O)[C@H](O)[C@@H]2O)[C@@H](O)[C@H](O[C@H]2O[C@H](CO)[C@@H](O)[C@H](O)[C@@H]2O)[C@@H]1O. The molecule has 3 saturated heterocycles. The van der Waals surface area contributed by atoms with Crippen LogP contribution in [0.3, 0.4) is 0 Å². The van der Waals surface area contributed by atoms with Gasteiger partial charge in [-0.1, -0.05) is 83.5 Å². The molecule has 3 fully saturated rings. The van der Waals surface area contributed by atoms with Crippen molar-refractivity contribution in [2.75, 3.05) is 33.0 Å². The highest BCUT2D eigenvalue weighted by Crippen LogP contribution is 2.31. The van der Waals surface area contributed by atoms with Gasteiger partial charge in [0, 0.05) is 13.0 Å². The molecular formula is C42H75BN2O19. The molecule has 64 heavy (non-hydrogen) atoms. The van der Waals surface area contributed by atoms with Crippen molar-refractivity contribution in [3.8, 4) is 0 Å². The van der Waals surface area contributed by atoms with Crippen molar-refractivity contribution in [2.24, 2.45) is 0 Å². The number of carbonyl (C=O) groups is 3. The van der Waals surface area contributed by atoms with E-state index in [9.17, 15) is 65.4 Å². The highest BCUT2D eigenvalue weighted by atomic mass is 16.7. The number of aliphatic hydroxyl groups excluding tert-OH is 10. The molecule has 0 aromatic heterocycles. The predicted molar refractivity (Wildman–Crippen MR) is 227 cm³/mol. The lowest BCUT2D eigenvalue weighted by Gasteiger charge is -2.46. The van der Waals surface area contributed by atoms with Gasteiger partial charge in [-0.15, -0.1) is 6.58 Å². The van der Waals surface area contributed by atoms with Gasteiger partial charge in [-0.05, 0) is 19.3 Å². The van der Waals surface area contributed by atoms with Crippen LogP contribution in [0.1, 0.15) is 96.8 Å². The number of hydrogen-bond acceptors (Lipinski definition) is 19. The molecule has 12 N–H and O–H groups in total. The van der Waals surface area contributed by atoms with Crippen molar-refractivity contribution < 1.29 is 93.9 Å². The molecule has 3 aliphatic rings. The minimum atomic E-state index is -1.93. The summed E-state index contributed by atoms with van der Waals surface area (Å²) < 4.78 is 33.6. The van der Waals surface area contributed by atoms with Crippen LogP contribution in [-0.2, 0) is 42.8 Å². The molecule has 370 valence electrons. The van der Waals surface area contributed by atoms with Gasteiger partial charge in [0.05, 0.1) is 32.1 Å². The topological polar surface area (TPSA) is 333 Å². The van der Waals surface area contributed by atoms with E-state index < -0.39 is 124 Å². The normalized spacial score (nSPS) is 33.6. The molecule has 0 spiro atoms. The third kappa shape index (κ3) is 17.8. The number of unbranched alkanes of at least 4 members (excludes halogenated alkanes) is 10. The van der Waals surface area contributed by atoms with E-state index in [1.54, 1.807) is 6.08 Å². The fourth-order valence-corrected chi connectivity index (χ4v) is 7.72. The third-order valence-electron chi connectivity index (χ3n) is 11.7. The van der Waals surface area contributed by atoms with Crippen molar-refractivity contribution >= 4 is 24.8 Å². The van der Waals surface area contributed by atoms with Crippen molar-refractivity contribution in [3.63, 3.8) is 0 Å². The molecule has 3 aliphatic heterocycles. The fraction of sp³-hybridized carbons (Fsp3) is 0.881. The average molecular weight is 923 g/mol. The van der Waals surface area contributed by atoms with Crippen LogP contribution in [0.2, 0.25) is 6.32 Å². The number of allylic oxidation sites excluding steroid dienone is 1. The number of amides is 2. The van der Waals surface area contributed by atoms with E-state index in [0.717, 1.165) is 25.7 Å². The van der Waals surface area contributed by atoms with Gasteiger partial charge < -0.3 is 94.9 Å². The molecule has 16 atom stereocenters. The summed E-state index contributed by atoms with van der Waals surface area (Å²) in [5, 5.41) is 109. The number of nitrogens with one attached hydrogen (secondary N) is 2. The summed E-state index contributed by atoms with van der Waals surface area (Å²) in [4.78, 5) is 38.8. The number of rotatable bonds is 31. The highest BCUT2D eigenvalue weighted by Gasteiger charge is 2.52. The largest absolute Gasteiger partial charge is 0.394 e. The Hall–Kier alpha value is -2.23. The maximum Gasteiger partial charge on any atom is 0.242 e. The summed E-state index contributed by atoms with van der Waals surface area (Å²) in [6.07, 6.45) is -11.0. The molecule has 0 aliphatic carbocycles. The molecule has 3 rings (SSSR count). The van der Waals surface area contributed by atoms with Gasteiger partial charge in [0.25, 0.3) is 0 Å². The lowest BCUT2D eigenvalue weighted by Crippen LogP contribution is -2.65. The summed E-state index contributed by atoms with van der Waals surface area (Å²) in [6.45, 7) is 3.07. The Morgan fingerprint density at radius 3 is 1.77 bits per heavy atom. The molecule has 2 amide bonds. The first kappa shape index (κ1) is 56.1. The molecule has 0 radical (unpaired) electrons. The molecule has 3 heterocycles. The Morgan fingerprint density at radius 1 is 0.656 bits per heavy atom. The Balaban J connectivity index is 1.62. The van der Waals surface area contributed by atoms with Gasteiger partial charge in [0.1, 0.15) is 79.3 Å². The Kier molecular flexibility index (Phi) is 26.5. The summed E-state index contributed by atoms with van der Waals surface area (Å²) in [5.74, 6) is -0.923. The zero-order chi connectivity index (χ0) is 47.2. The first-order valence-corrected chi connectivity index (χ1v) is 22.9. The van der Waals surface area contributed by atoms with E-state index in [-0.39, 0.29) is 51.3 Å².